The van der Waals surface area contributed by atoms with Crippen LogP contribution >= 0.6 is 12.2 Å². The number of rotatable bonds is 10. The molecular formula is C16H28N4O2S. The minimum atomic E-state index is -0.396. The van der Waals surface area contributed by atoms with E-state index in [0.29, 0.717) is 13.1 Å². The average Bonchev–Trinajstić information content (AvgIpc) is 2.53. The lowest BCUT2D eigenvalue weighted by Gasteiger charge is -2.16. The number of unbranched alkanes of at least 4 members (excludes halogenated alkanes) is 1. The van der Waals surface area contributed by atoms with Crippen molar-refractivity contribution in [1.29, 1.82) is 0 Å². The van der Waals surface area contributed by atoms with Gasteiger partial charge in [0.2, 0.25) is 5.88 Å². The van der Waals surface area contributed by atoms with Crippen LogP contribution in [-0.4, -0.2) is 52.0 Å². The number of aromatic amines is 1. The number of hydrogen-bond acceptors (Lipinski definition) is 5. The van der Waals surface area contributed by atoms with Crippen LogP contribution in [0.2, 0.25) is 0 Å². The molecule has 0 aliphatic heterocycles. The van der Waals surface area contributed by atoms with Crippen LogP contribution in [0.15, 0.2) is 9.79 Å². The molecule has 0 spiro atoms. The van der Waals surface area contributed by atoms with Crippen LogP contribution < -0.4 is 5.56 Å². The standard InChI is InChI=1S/C16H28N4O2S/c1-4-7-11-20-15(22)13(14(21)18-16(20)23)12-17-9-8-10-19(5-2)6-3/h12,22H,4-11H2,1-3H3,(H,18,21,23). The van der Waals surface area contributed by atoms with Crippen LogP contribution in [0.25, 0.3) is 0 Å². The number of aliphatic imine (C=N–C) groups is 1. The van der Waals surface area contributed by atoms with E-state index in [2.05, 4.69) is 35.6 Å². The number of hydrogen-bond donors (Lipinski definition) is 2. The summed E-state index contributed by atoms with van der Waals surface area (Å²) < 4.78 is 1.80. The maximum Gasteiger partial charge on any atom is 0.264 e. The van der Waals surface area contributed by atoms with E-state index in [4.69, 9.17) is 12.2 Å². The van der Waals surface area contributed by atoms with Gasteiger partial charge in [0.1, 0.15) is 5.56 Å². The highest BCUT2D eigenvalue weighted by Gasteiger charge is 2.10. The molecule has 130 valence electrons. The number of nitrogens with one attached hydrogen (secondary N) is 1. The van der Waals surface area contributed by atoms with Gasteiger partial charge in [0, 0.05) is 19.3 Å². The molecule has 0 radical (unpaired) electrons. The summed E-state index contributed by atoms with van der Waals surface area (Å²) in [5, 5.41) is 10.3. The monoisotopic (exact) mass is 340 g/mol. The van der Waals surface area contributed by atoms with Crippen molar-refractivity contribution in [3.63, 3.8) is 0 Å². The van der Waals surface area contributed by atoms with Gasteiger partial charge in [0.15, 0.2) is 4.77 Å². The van der Waals surface area contributed by atoms with Gasteiger partial charge in [-0.3, -0.25) is 19.3 Å². The fourth-order valence-electron chi connectivity index (χ4n) is 2.30. The molecule has 0 saturated heterocycles. The molecule has 1 heterocycles. The number of H-pyrrole nitrogens is 1. The molecular weight excluding hydrogens is 312 g/mol. The number of aromatic hydroxyl groups is 1. The average molecular weight is 340 g/mol. The first-order valence-corrected chi connectivity index (χ1v) is 8.74. The molecule has 0 aromatic carbocycles. The molecule has 0 aliphatic carbocycles. The fourth-order valence-corrected chi connectivity index (χ4v) is 2.57. The molecule has 1 aromatic heterocycles. The van der Waals surface area contributed by atoms with Gasteiger partial charge in [-0.05, 0) is 44.7 Å². The van der Waals surface area contributed by atoms with Crippen molar-refractivity contribution >= 4 is 18.4 Å². The summed E-state index contributed by atoms with van der Waals surface area (Å²) >= 11 is 5.11. The second-order valence-corrected chi connectivity index (χ2v) is 5.80. The second kappa shape index (κ2) is 10.3. The normalized spacial score (nSPS) is 11.7. The quantitative estimate of drug-likeness (QED) is 0.390. The molecule has 6 nitrogen and oxygen atoms in total. The molecule has 0 atom stereocenters. The van der Waals surface area contributed by atoms with E-state index in [0.717, 1.165) is 38.9 Å². The highest BCUT2D eigenvalue weighted by atomic mass is 32.1. The molecule has 0 fully saturated rings. The molecule has 0 unspecified atom stereocenters. The van der Waals surface area contributed by atoms with E-state index < -0.39 is 5.56 Å². The van der Waals surface area contributed by atoms with Crippen LogP contribution in [0.5, 0.6) is 5.88 Å². The Morgan fingerprint density at radius 2 is 2.00 bits per heavy atom. The van der Waals surface area contributed by atoms with Gasteiger partial charge in [-0.1, -0.05) is 27.2 Å². The topological polar surface area (TPSA) is 73.6 Å². The molecule has 0 amide bonds. The zero-order chi connectivity index (χ0) is 17.2. The zero-order valence-electron chi connectivity index (χ0n) is 14.3. The Hall–Kier alpha value is -1.47. The summed E-state index contributed by atoms with van der Waals surface area (Å²) in [5.41, 5.74) is -0.217. The predicted octanol–water partition coefficient (Wildman–Crippen LogP) is 2.56. The molecule has 7 heteroatoms. The highest BCUT2D eigenvalue weighted by molar-refractivity contribution is 7.71. The first-order valence-electron chi connectivity index (χ1n) is 8.33. The van der Waals surface area contributed by atoms with Crippen molar-refractivity contribution in [3.05, 3.63) is 20.7 Å². The molecule has 0 saturated carbocycles. The van der Waals surface area contributed by atoms with Gasteiger partial charge in [-0.2, -0.15) is 0 Å². The Bertz CT molecular complexity index is 617. The first-order chi connectivity index (χ1) is 11.0. The Labute approximate surface area is 142 Å². The molecule has 23 heavy (non-hydrogen) atoms. The van der Waals surface area contributed by atoms with E-state index in [1.807, 2.05) is 0 Å². The van der Waals surface area contributed by atoms with Crippen molar-refractivity contribution in [3.8, 4) is 5.88 Å². The Morgan fingerprint density at radius 1 is 1.30 bits per heavy atom. The third-order valence-electron chi connectivity index (χ3n) is 3.82. The smallest absolute Gasteiger partial charge is 0.264 e. The molecule has 0 bridgehead atoms. The Balaban J connectivity index is 2.78. The van der Waals surface area contributed by atoms with Crippen LogP contribution in [-0.2, 0) is 6.54 Å². The van der Waals surface area contributed by atoms with Crippen LogP contribution in [0.1, 0.15) is 45.6 Å². The summed E-state index contributed by atoms with van der Waals surface area (Å²) in [6.07, 6.45) is 4.24. The van der Waals surface area contributed by atoms with Gasteiger partial charge in [0.05, 0.1) is 0 Å². The van der Waals surface area contributed by atoms with E-state index in [-0.39, 0.29) is 16.2 Å². The number of aromatic nitrogens is 2. The molecule has 1 aromatic rings. The Kier molecular flexibility index (Phi) is 8.79. The van der Waals surface area contributed by atoms with E-state index >= 15 is 0 Å². The zero-order valence-corrected chi connectivity index (χ0v) is 15.2. The van der Waals surface area contributed by atoms with Crippen LogP contribution in [0, 0.1) is 4.77 Å². The van der Waals surface area contributed by atoms with Gasteiger partial charge < -0.3 is 10.0 Å². The minimum Gasteiger partial charge on any atom is -0.494 e. The van der Waals surface area contributed by atoms with Crippen molar-refractivity contribution in [2.75, 3.05) is 26.2 Å². The lowest BCUT2D eigenvalue weighted by atomic mass is 10.3. The SMILES string of the molecule is CCCCn1c(O)c(C=NCCCN(CC)CC)c(=O)[nH]c1=S. The lowest BCUT2D eigenvalue weighted by Crippen LogP contribution is -2.24. The maximum atomic E-state index is 12.0. The van der Waals surface area contributed by atoms with Crippen LogP contribution in [0.4, 0.5) is 0 Å². The molecule has 2 N–H and O–H groups in total. The maximum absolute atomic E-state index is 12.0. The van der Waals surface area contributed by atoms with Crippen LogP contribution in [0.3, 0.4) is 0 Å². The lowest BCUT2D eigenvalue weighted by molar-refractivity contribution is 0.302. The largest absolute Gasteiger partial charge is 0.494 e. The van der Waals surface area contributed by atoms with Gasteiger partial charge in [-0.15, -0.1) is 0 Å². The summed E-state index contributed by atoms with van der Waals surface area (Å²) in [6.45, 7) is 10.6. The summed E-state index contributed by atoms with van der Waals surface area (Å²) in [5.74, 6) is -0.0975. The highest BCUT2D eigenvalue weighted by Crippen LogP contribution is 2.12. The van der Waals surface area contributed by atoms with Crippen molar-refractivity contribution in [2.45, 2.75) is 46.6 Å². The van der Waals surface area contributed by atoms with Gasteiger partial charge in [-0.25, -0.2) is 0 Å². The summed E-state index contributed by atoms with van der Waals surface area (Å²) in [6, 6.07) is 0. The van der Waals surface area contributed by atoms with Gasteiger partial charge >= 0.3 is 0 Å². The number of nitrogens with zero attached hydrogens (tertiary/aromatic N) is 3. The van der Waals surface area contributed by atoms with E-state index in [1.165, 1.54) is 6.21 Å². The minimum absolute atomic E-state index is 0.0975. The third kappa shape index (κ3) is 5.91. The summed E-state index contributed by atoms with van der Waals surface area (Å²) in [4.78, 5) is 21.2. The van der Waals surface area contributed by atoms with Crippen molar-refractivity contribution in [1.82, 2.24) is 14.5 Å². The first kappa shape index (κ1) is 19.6. The van der Waals surface area contributed by atoms with E-state index in [1.54, 1.807) is 4.57 Å². The molecule has 0 aliphatic rings. The second-order valence-electron chi connectivity index (χ2n) is 5.42. The third-order valence-corrected chi connectivity index (χ3v) is 4.14. The fraction of sp³-hybridized carbons (Fsp3) is 0.688. The van der Waals surface area contributed by atoms with Gasteiger partial charge in [0.25, 0.3) is 5.56 Å². The summed E-state index contributed by atoms with van der Waals surface area (Å²) in [7, 11) is 0. The van der Waals surface area contributed by atoms with Crippen molar-refractivity contribution < 1.29 is 5.11 Å². The van der Waals surface area contributed by atoms with E-state index in [9.17, 15) is 9.90 Å². The predicted molar refractivity (Wildman–Crippen MR) is 97.3 cm³/mol. The van der Waals surface area contributed by atoms with Crippen molar-refractivity contribution in [2.24, 2.45) is 4.99 Å². The molecule has 1 rings (SSSR count). The Morgan fingerprint density at radius 3 is 2.61 bits per heavy atom.